The maximum atomic E-state index is 12.5. The molecule has 158 valence electrons. The molecule has 31 heavy (non-hydrogen) atoms. The lowest BCUT2D eigenvalue weighted by atomic mass is 9.95. The van der Waals surface area contributed by atoms with Crippen molar-refractivity contribution >= 4 is 17.2 Å². The quantitative estimate of drug-likeness (QED) is 0.577. The number of Topliss-reactive ketones (excluding diaryl/α,β-unsaturated/α-hetero) is 1. The van der Waals surface area contributed by atoms with E-state index in [4.69, 9.17) is 5.10 Å². The Hall–Kier alpha value is -3.45. The minimum Gasteiger partial charge on any atom is -0.294 e. The second-order valence-corrected chi connectivity index (χ2v) is 8.05. The van der Waals surface area contributed by atoms with Crippen LogP contribution in [0.2, 0.25) is 0 Å². The summed E-state index contributed by atoms with van der Waals surface area (Å²) in [5, 5.41) is 19.2. The van der Waals surface area contributed by atoms with E-state index in [1.807, 2.05) is 25.1 Å². The van der Waals surface area contributed by atoms with Crippen LogP contribution < -0.4 is 0 Å². The van der Waals surface area contributed by atoms with Gasteiger partial charge < -0.3 is 0 Å². The molecule has 0 bridgehead atoms. The number of nitrogens with zero attached hydrogens (tertiary/aromatic N) is 5. The summed E-state index contributed by atoms with van der Waals surface area (Å²) in [5.74, 6) is 0.687. The topological polar surface area (TPSA) is 83.9 Å². The van der Waals surface area contributed by atoms with Crippen LogP contribution >= 0.6 is 0 Å². The minimum absolute atomic E-state index is 0.0573. The molecule has 0 radical (unpaired) electrons. The van der Waals surface area contributed by atoms with Crippen molar-refractivity contribution in [2.24, 2.45) is 5.10 Å². The molecule has 1 aromatic heterocycles. The molecule has 1 N–H and O–H groups in total. The fourth-order valence-electron chi connectivity index (χ4n) is 4.34. The predicted octanol–water partition coefficient (Wildman–Crippen LogP) is 4.47. The highest BCUT2D eigenvalue weighted by Crippen LogP contribution is 2.38. The van der Waals surface area contributed by atoms with E-state index in [2.05, 4.69) is 64.9 Å². The molecule has 2 aromatic carbocycles. The third kappa shape index (κ3) is 3.84. The normalized spacial score (nSPS) is 18.4. The number of rotatable bonds is 7. The summed E-state index contributed by atoms with van der Waals surface area (Å²) in [4.78, 5) is 12.5. The van der Waals surface area contributed by atoms with Gasteiger partial charge in [0, 0.05) is 11.1 Å². The first-order valence-electron chi connectivity index (χ1n) is 10.6. The smallest absolute Gasteiger partial charge is 0.180 e. The maximum absolute atomic E-state index is 12.5. The Labute approximate surface area is 182 Å². The summed E-state index contributed by atoms with van der Waals surface area (Å²) in [7, 11) is 2.09. The molecule has 1 aliphatic rings. The fourth-order valence-corrected chi connectivity index (χ4v) is 4.34. The van der Waals surface area contributed by atoms with Crippen LogP contribution in [0.5, 0.6) is 0 Å². The lowest BCUT2D eigenvalue weighted by Crippen LogP contribution is -2.36. The van der Waals surface area contributed by atoms with Gasteiger partial charge in [0.1, 0.15) is 17.8 Å². The molecular formula is C24H27N6O+. The molecule has 7 nitrogen and oxygen atoms in total. The van der Waals surface area contributed by atoms with E-state index in [9.17, 15) is 4.79 Å². The Morgan fingerprint density at radius 1 is 1.03 bits per heavy atom. The number of hydrogen-bond acceptors (Lipinski definition) is 5. The van der Waals surface area contributed by atoms with Gasteiger partial charge in [0.2, 0.25) is 0 Å². The van der Waals surface area contributed by atoms with E-state index in [-0.39, 0.29) is 5.78 Å². The first-order chi connectivity index (χ1) is 14.9. The van der Waals surface area contributed by atoms with Crippen LogP contribution in [0.15, 0.2) is 59.2 Å². The molecule has 4 rings (SSSR count). The van der Waals surface area contributed by atoms with Crippen molar-refractivity contribution in [1.29, 1.82) is 0 Å². The molecule has 0 amide bonds. The van der Waals surface area contributed by atoms with Crippen molar-refractivity contribution in [1.82, 2.24) is 20.6 Å². The van der Waals surface area contributed by atoms with Crippen LogP contribution in [0.4, 0.5) is 0 Å². The zero-order valence-corrected chi connectivity index (χ0v) is 18.4. The van der Waals surface area contributed by atoms with E-state index in [0.29, 0.717) is 10.4 Å². The number of nitrogens with one attached hydrogen (secondary N) is 1. The number of carbonyl (C=O) groups is 1. The van der Waals surface area contributed by atoms with E-state index in [1.54, 1.807) is 6.92 Å². The monoisotopic (exact) mass is 415 g/mol. The molecule has 0 aliphatic carbocycles. The highest BCUT2D eigenvalue weighted by molar-refractivity contribution is 6.26. The van der Waals surface area contributed by atoms with Gasteiger partial charge in [-0.2, -0.15) is 4.59 Å². The molecule has 1 aliphatic heterocycles. The summed E-state index contributed by atoms with van der Waals surface area (Å²) in [5.41, 5.74) is 6.58. The first-order valence-corrected chi connectivity index (χ1v) is 10.6. The van der Waals surface area contributed by atoms with Crippen molar-refractivity contribution in [2.45, 2.75) is 33.6 Å². The molecule has 0 spiro atoms. The van der Waals surface area contributed by atoms with Gasteiger partial charge in [-0.15, -0.1) is 5.10 Å². The van der Waals surface area contributed by atoms with E-state index >= 15 is 0 Å². The number of benzene rings is 2. The Balaban J connectivity index is 1.77. The van der Waals surface area contributed by atoms with Gasteiger partial charge in [-0.05, 0) is 54.0 Å². The molecule has 0 fully saturated rings. The Kier molecular flexibility index (Phi) is 5.61. The number of tetrazole rings is 1. The standard InChI is InChI=1S/C24H26N6O/c1-5-6-15-30(4)23(22(17(3)31)16(2)27-30)19-13-11-18(12-14-19)20-9-7-8-10-21(20)24-25-28-29-26-24/h7-14H,5-6,15H2,1-4H3/p+1. The molecule has 3 aromatic rings. The average molecular weight is 416 g/mol. The number of aromatic amines is 1. The molecule has 7 heteroatoms. The highest BCUT2D eigenvalue weighted by atomic mass is 16.1. The maximum Gasteiger partial charge on any atom is 0.180 e. The number of H-pyrrole nitrogens is 1. The Bertz CT molecular complexity index is 1160. The van der Waals surface area contributed by atoms with E-state index < -0.39 is 0 Å². The van der Waals surface area contributed by atoms with Crippen LogP contribution in [-0.4, -0.2) is 50.3 Å². The van der Waals surface area contributed by atoms with Crippen molar-refractivity contribution in [2.75, 3.05) is 13.6 Å². The van der Waals surface area contributed by atoms with Gasteiger partial charge in [0.25, 0.3) is 0 Å². The average Bonchev–Trinajstić information content (AvgIpc) is 3.39. The zero-order chi connectivity index (χ0) is 22.0. The van der Waals surface area contributed by atoms with Gasteiger partial charge in [-0.25, -0.2) is 5.10 Å². The third-order valence-corrected chi connectivity index (χ3v) is 5.75. The van der Waals surface area contributed by atoms with Crippen molar-refractivity contribution in [3.8, 4) is 22.5 Å². The van der Waals surface area contributed by atoms with Crippen LogP contribution in [0.1, 0.15) is 39.2 Å². The predicted molar refractivity (Wildman–Crippen MR) is 122 cm³/mol. The number of allylic oxidation sites excluding steroid dienone is 1. The molecule has 0 saturated heterocycles. The van der Waals surface area contributed by atoms with E-state index in [1.165, 1.54) is 0 Å². The number of unbranched alkanes of at least 4 members (excludes halogenated alkanes) is 1. The van der Waals surface area contributed by atoms with Crippen molar-refractivity contribution in [3.63, 3.8) is 0 Å². The number of aromatic nitrogens is 4. The van der Waals surface area contributed by atoms with Gasteiger partial charge in [-0.1, -0.05) is 54.8 Å². The lowest BCUT2D eigenvalue weighted by Gasteiger charge is -2.27. The second-order valence-electron chi connectivity index (χ2n) is 8.05. The van der Waals surface area contributed by atoms with Crippen LogP contribution in [0.3, 0.4) is 0 Å². The fraction of sp³-hybridized carbons (Fsp3) is 0.292. The van der Waals surface area contributed by atoms with Crippen LogP contribution in [0, 0.1) is 0 Å². The largest absolute Gasteiger partial charge is 0.294 e. The third-order valence-electron chi connectivity index (χ3n) is 5.75. The molecule has 1 unspecified atom stereocenters. The van der Waals surface area contributed by atoms with Gasteiger partial charge in [0.05, 0.1) is 7.05 Å². The van der Waals surface area contributed by atoms with Crippen LogP contribution in [-0.2, 0) is 4.79 Å². The van der Waals surface area contributed by atoms with Crippen molar-refractivity contribution < 1.29 is 9.39 Å². The molecule has 0 saturated carbocycles. The van der Waals surface area contributed by atoms with Gasteiger partial charge >= 0.3 is 0 Å². The summed E-state index contributed by atoms with van der Waals surface area (Å²) >= 11 is 0. The Morgan fingerprint density at radius 2 is 1.71 bits per heavy atom. The summed E-state index contributed by atoms with van der Waals surface area (Å²) < 4.78 is 0.411. The van der Waals surface area contributed by atoms with Gasteiger partial charge in [0.15, 0.2) is 17.3 Å². The molecule has 2 heterocycles. The SMILES string of the molecule is CCCC[N+]1(C)N=C(C)C(C(C)=O)=C1c1ccc(-c2ccccc2-c2nnn[nH]2)cc1. The highest BCUT2D eigenvalue weighted by Gasteiger charge is 2.40. The van der Waals surface area contributed by atoms with Crippen LogP contribution in [0.25, 0.3) is 28.2 Å². The lowest BCUT2D eigenvalue weighted by molar-refractivity contribution is -0.844. The number of hydrogen-bond donors (Lipinski definition) is 1. The first kappa shape index (κ1) is 20.8. The molecular weight excluding hydrogens is 388 g/mol. The summed E-state index contributed by atoms with van der Waals surface area (Å²) in [6.45, 7) is 6.59. The molecule has 1 atom stereocenters. The van der Waals surface area contributed by atoms with E-state index in [0.717, 1.165) is 58.6 Å². The van der Waals surface area contributed by atoms with Gasteiger partial charge in [-0.3, -0.25) is 4.79 Å². The minimum atomic E-state index is 0.0573. The Morgan fingerprint density at radius 3 is 2.32 bits per heavy atom. The summed E-state index contributed by atoms with van der Waals surface area (Å²) in [6, 6.07) is 16.3. The number of carbonyl (C=O) groups excluding carboxylic acids is 1. The van der Waals surface area contributed by atoms with Crippen molar-refractivity contribution in [3.05, 3.63) is 59.7 Å². The summed E-state index contributed by atoms with van der Waals surface area (Å²) in [6.07, 6.45) is 2.12. The number of ketones is 1. The second kappa shape index (κ2) is 8.35. The number of quaternary nitrogens is 1. The zero-order valence-electron chi connectivity index (χ0n) is 18.4.